The van der Waals surface area contributed by atoms with Gasteiger partial charge in [-0.1, -0.05) is 48.5 Å². The van der Waals surface area contributed by atoms with Crippen molar-refractivity contribution in [2.75, 3.05) is 11.9 Å². The van der Waals surface area contributed by atoms with Crippen LogP contribution in [-0.2, 0) is 0 Å². The van der Waals surface area contributed by atoms with E-state index in [0.717, 1.165) is 6.42 Å². The van der Waals surface area contributed by atoms with Crippen molar-refractivity contribution in [3.8, 4) is 0 Å². The van der Waals surface area contributed by atoms with Crippen LogP contribution in [-0.4, -0.2) is 22.8 Å². The zero-order valence-electron chi connectivity index (χ0n) is 14.8. The summed E-state index contributed by atoms with van der Waals surface area (Å²) in [7, 11) is 0. The number of aromatic nitrogens is 2. The molecule has 1 unspecified atom stereocenters. The minimum Gasteiger partial charge on any atom is -0.338 e. The molecule has 2 bridgehead atoms. The molecule has 5 nitrogen and oxygen atoms in total. The summed E-state index contributed by atoms with van der Waals surface area (Å²) < 4.78 is 0. The van der Waals surface area contributed by atoms with Gasteiger partial charge in [0, 0.05) is 24.6 Å². The summed E-state index contributed by atoms with van der Waals surface area (Å²) in [4.78, 5) is 12.3. The summed E-state index contributed by atoms with van der Waals surface area (Å²) >= 11 is 0. The highest BCUT2D eigenvalue weighted by molar-refractivity contribution is 5.88. The van der Waals surface area contributed by atoms with Crippen LogP contribution >= 0.6 is 0 Å². The second-order valence-corrected chi connectivity index (χ2v) is 7.23. The Balaban J connectivity index is 1.37. The largest absolute Gasteiger partial charge is 0.338 e. The van der Waals surface area contributed by atoms with E-state index in [9.17, 15) is 4.79 Å². The molecule has 2 N–H and O–H groups in total. The molecule has 3 aliphatic rings. The number of rotatable bonds is 3. The summed E-state index contributed by atoms with van der Waals surface area (Å²) in [5.41, 5.74) is 5.71. The Hall–Kier alpha value is -3.21. The van der Waals surface area contributed by atoms with Gasteiger partial charge in [0.1, 0.15) is 0 Å². The minimum absolute atomic E-state index is 0.237. The summed E-state index contributed by atoms with van der Waals surface area (Å²) in [6.07, 6.45) is 2.64. The first-order chi connectivity index (χ1) is 13.3. The van der Waals surface area contributed by atoms with Crippen molar-refractivity contribution in [3.63, 3.8) is 0 Å². The number of benzene rings is 2. The number of hydrogen-bond acceptors (Lipinski definition) is 3. The topological polar surface area (TPSA) is 66.9 Å². The molecule has 3 aromatic rings. The van der Waals surface area contributed by atoms with Gasteiger partial charge in [0.05, 0.1) is 0 Å². The van der Waals surface area contributed by atoms with Crippen molar-refractivity contribution >= 4 is 11.8 Å². The highest BCUT2D eigenvalue weighted by Crippen LogP contribution is 2.55. The molecule has 0 saturated heterocycles. The normalized spacial score (nSPS) is 21.9. The molecule has 1 heterocycles. The van der Waals surface area contributed by atoms with Crippen LogP contribution in [0.4, 0.5) is 10.6 Å². The molecule has 0 fully saturated rings. The van der Waals surface area contributed by atoms with Crippen LogP contribution in [0.15, 0.2) is 66.9 Å². The van der Waals surface area contributed by atoms with Crippen LogP contribution < -0.4 is 10.6 Å². The number of anilines is 1. The van der Waals surface area contributed by atoms with Crippen LogP contribution in [0, 0.1) is 5.92 Å². The number of nitrogens with one attached hydrogen (secondary N) is 2. The molecule has 3 aliphatic carbocycles. The molecule has 1 aromatic heterocycles. The minimum atomic E-state index is -0.237. The van der Waals surface area contributed by atoms with Crippen LogP contribution in [0.3, 0.4) is 0 Å². The molecule has 0 radical (unpaired) electrons. The lowest BCUT2D eigenvalue weighted by Gasteiger charge is -2.45. The molecule has 2 amide bonds. The van der Waals surface area contributed by atoms with Gasteiger partial charge >= 0.3 is 6.03 Å². The molecule has 5 heteroatoms. The smallest absolute Gasteiger partial charge is 0.320 e. The summed E-state index contributed by atoms with van der Waals surface area (Å²) in [6, 6.07) is 20.7. The van der Waals surface area contributed by atoms with E-state index >= 15 is 0 Å². The van der Waals surface area contributed by atoms with Crippen molar-refractivity contribution in [3.05, 3.63) is 89.1 Å². The van der Waals surface area contributed by atoms with Crippen LogP contribution in [0.25, 0.3) is 0 Å². The second-order valence-electron chi connectivity index (χ2n) is 7.23. The van der Waals surface area contributed by atoms with Gasteiger partial charge in [-0.15, -0.1) is 5.10 Å². The molecule has 2 aromatic carbocycles. The van der Waals surface area contributed by atoms with E-state index < -0.39 is 0 Å². The van der Waals surface area contributed by atoms with Crippen molar-refractivity contribution in [1.82, 2.24) is 15.5 Å². The fourth-order valence-corrected chi connectivity index (χ4v) is 4.71. The predicted octanol–water partition coefficient (Wildman–Crippen LogP) is 3.90. The van der Waals surface area contributed by atoms with E-state index in [-0.39, 0.29) is 6.03 Å². The predicted molar refractivity (Wildman–Crippen MR) is 104 cm³/mol. The number of fused-ring (bicyclic) bond motifs is 1. The Labute approximate surface area is 157 Å². The lowest BCUT2D eigenvalue weighted by atomic mass is 9.59. The van der Waals surface area contributed by atoms with Gasteiger partial charge in [0.25, 0.3) is 0 Å². The first-order valence-electron chi connectivity index (χ1n) is 9.31. The highest BCUT2D eigenvalue weighted by Gasteiger charge is 2.42. The Bertz CT molecular complexity index is 941. The maximum absolute atomic E-state index is 12.3. The number of carbonyl (C=O) groups excluding carboxylic acids is 1. The monoisotopic (exact) mass is 356 g/mol. The van der Waals surface area contributed by atoms with E-state index in [1.807, 2.05) is 0 Å². The molecule has 0 saturated carbocycles. The number of urea groups is 1. The molecular formula is C22H20N4O. The molecule has 0 aliphatic heterocycles. The summed E-state index contributed by atoms with van der Waals surface area (Å²) in [5.74, 6) is 1.58. The Kier molecular flexibility index (Phi) is 3.85. The van der Waals surface area contributed by atoms with E-state index in [4.69, 9.17) is 0 Å². The molecule has 27 heavy (non-hydrogen) atoms. The van der Waals surface area contributed by atoms with Crippen molar-refractivity contribution in [2.45, 2.75) is 18.3 Å². The number of nitrogens with zero attached hydrogens (tertiary/aromatic N) is 2. The third-order valence-electron chi connectivity index (χ3n) is 5.76. The standard InChI is InChI=1S/C22H20N4O/c27-22(25-20-10-5-11-24-26-20)23-13-14-12-19-15-6-1-3-8-17(15)21(14)18-9-4-2-7-16(18)19/h1-11,14,19,21H,12-13H2,(H2,23,25,26,27). The zero-order valence-corrected chi connectivity index (χ0v) is 14.8. The fourth-order valence-electron chi connectivity index (χ4n) is 4.71. The third kappa shape index (κ3) is 2.76. The van der Waals surface area contributed by atoms with Crippen LogP contribution in [0.5, 0.6) is 0 Å². The van der Waals surface area contributed by atoms with Gasteiger partial charge in [-0.25, -0.2) is 4.79 Å². The summed E-state index contributed by atoms with van der Waals surface area (Å²) in [6.45, 7) is 0.635. The van der Waals surface area contributed by atoms with E-state index in [1.54, 1.807) is 18.3 Å². The molecule has 1 atom stereocenters. The van der Waals surface area contributed by atoms with E-state index in [2.05, 4.69) is 69.4 Å². The average molecular weight is 356 g/mol. The van der Waals surface area contributed by atoms with Crippen molar-refractivity contribution in [1.29, 1.82) is 0 Å². The van der Waals surface area contributed by atoms with Crippen LogP contribution in [0.2, 0.25) is 0 Å². The van der Waals surface area contributed by atoms with E-state index in [1.165, 1.54) is 22.3 Å². The highest BCUT2D eigenvalue weighted by atomic mass is 16.2. The molecule has 6 rings (SSSR count). The van der Waals surface area contributed by atoms with Gasteiger partial charge < -0.3 is 5.32 Å². The van der Waals surface area contributed by atoms with Gasteiger partial charge in [-0.2, -0.15) is 5.10 Å². The third-order valence-corrected chi connectivity index (χ3v) is 5.76. The van der Waals surface area contributed by atoms with Crippen molar-refractivity contribution < 1.29 is 4.79 Å². The number of hydrogen-bond donors (Lipinski definition) is 2. The molecule has 0 spiro atoms. The SMILES string of the molecule is O=C(NCC1CC2c3ccccc3C1c1ccccc12)Nc1cccnn1. The average Bonchev–Trinajstić information content (AvgIpc) is 2.73. The van der Waals surface area contributed by atoms with Gasteiger partial charge in [0.15, 0.2) is 5.82 Å². The lowest BCUT2D eigenvalue weighted by Crippen LogP contribution is -2.40. The maximum atomic E-state index is 12.3. The van der Waals surface area contributed by atoms with Gasteiger partial charge in [-0.3, -0.25) is 5.32 Å². The van der Waals surface area contributed by atoms with E-state index in [0.29, 0.717) is 30.1 Å². The quantitative estimate of drug-likeness (QED) is 0.748. The fraction of sp³-hybridized carbons (Fsp3) is 0.227. The van der Waals surface area contributed by atoms with Crippen LogP contribution in [0.1, 0.15) is 40.5 Å². The maximum Gasteiger partial charge on any atom is 0.320 e. The Morgan fingerprint density at radius 2 is 1.59 bits per heavy atom. The van der Waals surface area contributed by atoms with Crippen molar-refractivity contribution in [2.24, 2.45) is 5.92 Å². The second kappa shape index (κ2) is 6.50. The van der Waals surface area contributed by atoms with Gasteiger partial charge in [-0.05, 0) is 46.7 Å². The Morgan fingerprint density at radius 3 is 2.22 bits per heavy atom. The summed E-state index contributed by atoms with van der Waals surface area (Å²) in [5, 5.41) is 13.4. The first kappa shape index (κ1) is 16.0. The Morgan fingerprint density at radius 1 is 0.926 bits per heavy atom. The van der Waals surface area contributed by atoms with Gasteiger partial charge in [0.2, 0.25) is 0 Å². The number of amides is 2. The first-order valence-corrected chi connectivity index (χ1v) is 9.31. The zero-order chi connectivity index (χ0) is 18.2. The lowest BCUT2D eigenvalue weighted by molar-refractivity contribution is 0.247. The number of carbonyl (C=O) groups is 1. The molecule has 134 valence electrons. The molecular weight excluding hydrogens is 336 g/mol.